The largest absolute Gasteiger partial charge is 0.339 e. The SMILES string of the molecule is CC(C)n1ccc(CN2CCC[C@H]2c2noc(C3CC3)n2)n1. The maximum atomic E-state index is 5.43. The van der Waals surface area contributed by atoms with Gasteiger partial charge in [0.2, 0.25) is 5.89 Å². The van der Waals surface area contributed by atoms with Gasteiger partial charge in [0.25, 0.3) is 0 Å². The van der Waals surface area contributed by atoms with Crippen LogP contribution in [0.4, 0.5) is 0 Å². The first-order valence-corrected chi connectivity index (χ1v) is 8.32. The molecule has 0 unspecified atom stereocenters. The third-order valence-electron chi connectivity index (χ3n) is 4.60. The van der Waals surface area contributed by atoms with Gasteiger partial charge in [-0.1, -0.05) is 5.16 Å². The molecule has 6 heteroatoms. The van der Waals surface area contributed by atoms with Crippen molar-refractivity contribution in [3.05, 3.63) is 29.7 Å². The maximum absolute atomic E-state index is 5.43. The molecule has 0 N–H and O–H groups in total. The summed E-state index contributed by atoms with van der Waals surface area (Å²) in [6.07, 6.45) is 6.74. The van der Waals surface area contributed by atoms with Crippen LogP contribution in [-0.4, -0.2) is 31.4 Å². The number of hydrogen-bond acceptors (Lipinski definition) is 5. The van der Waals surface area contributed by atoms with E-state index in [1.165, 1.54) is 19.3 Å². The van der Waals surface area contributed by atoms with Crippen LogP contribution in [0.15, 0.2) is 16.8 Å². The Morgan fingerprint density at radius 3 is 2.91 bits per heavy atom. The summed E-state index contributed by atoms with van der Waals surface area (Å²) in [6, 6.07) is 2.79. The Bertz CT molecular complexity index is 643. The van der Waals surface area contributed by atoms with Crippen LogP contribution in [0.1, 0.15) is 74.9 Å². The molecule has 0 aromatic carbocycles. The van der Waals surface area contributed by atoms with E-state index in [9.17, 15) is 0 Å². The summed E-state index contributed by atoms with van der Waals surface area (Å²) in [4.78, 5) is 7.06. The average Bonchev–Trinajstić information content (AvgIpc) is 2.95. The molecule has 1 atom stereocenters. The Kier molecular flexibility index (Phi) is 3.48. The Morgan fingerprint density at radius 1 is 1.32 bits per heavy atom. The van der Waals surface area contributed by atoms with Gasteiger partial charge in [-0.2, -0.15) is 10.1 Å². The summed E-state index contributed by atoms with van der Waals surface area (Å²) >= 11 is 0. The van der Waals surface area contributed by atoms with Crippen molar-refractivity contribution < 1.29 is 4.52 Å². The first-order valence-electron chi connectivity index (χ1n) is 8.32. The van der Waals surface area contributed by atoms with Crippen molar-refractivity contribution in [3.8, 4) is 0 Å². The molecule has 2 aromatic heterocycles. The normalized spacial score (nSPS) is 22.8. The first kappa shape index (κ1) is 13.9. The number of rotatable bonds is 5. The molecule has 0 bridgehead atoms. The molecule has 0 spiro atoms. The van der Waals surface area contributed by atoms with Gasteiger partial charge in [0.15, 0.2) is 5.82 Å². The topological polar surface area (TPSA) is 60.0 Å². The van der Waals surface area contributed by atoms with Crippen LogP contribution < -0.4 is 0 Å². The Morgan fingerprint density at radius 2 is 2.18 bits per heavy atom. The van der Waals surface area contributed by atoms with E-state index in [0.717, 1.165) is 36.9 Å². The number of hydrogen-bond donors (Lipinski definition) is 0. The second-order valence-electron chi connectivity index (χ2n) is 6.77. The van der Waals surface area contributed by atoms with E-state index >= 15 is 0 Å². The number of likely N-dealkylation sites (tertiary alicyclic amines) is 1. The molecular weight excluding hydrogens is 278 g/mol. The lowest BCUT2D eigenvalue weighted by Gasteiger charge is -2.20. The highest BCUT2D eigenvalue weighted by Crippen LogP contribution is 2.40. The lowest BCUT2D eigenvalue weighted by molar-refractivity contribution is 0.230. The zero-order chi connectivity index (χ0) is 15.1. The van der Waals surface area contributed by atoms with Crippen molar-refractivity contribution in [2.45, 2.75) is 64.1 Å². The van der Waals surface area contributed by atoms with Crippen LogP contribution in [-0.2, 0) is 6.54 Å². The minimum atomic E-state index is 0.278. The Balaban J connectivity index is 1.47. The predicted molar refractivity (Wildman–Crippen MR) is 81.3 cm³/mol. The van der Waals surface area contributed by atoms with Crippen LogP contribution >= 0.6 is 0 Å². The van der Waals surface area contributed by atoms with Crippen molar-refractivity contribution in [1.82, 2.24) is 24.8 Å². The van der Waals surface area contributed by atoms with Crippen molar-refractivity contribution >= 4 is 0 Å². The maximum Gasteiger partial charge on any atom is 0.229 e. The highest BCUT2D eigenvalue weighted by molar-refractivity contribution is 5.07. The van der Waals surface area contributed by atoms with E-state index in [0.29, 0.717) is 12.0 Å². The second-order valence-corrected chi connectivity index (χ2v) is 6.77. The van der Waals surface area contributed by atoms with Crippen molar-refractivity contribution in [2.75, 3.05) is 6.54 Å². The Hall–Kier alpha value is -1.69. The number of aromatic nitrogens is 4. The van der Waals surface area contributed by atoms with Crippen LogP contribution in [0, 0.1) is 0 Å². The van der Waals surface area contributed by atoms with Crippen LogP contribution in [0.3, 0.4) is 0 Å². The molecule has 1 aliphatic carbocycles. The van der Waals surface area contributed by atoms with Gasteiger partial charge < -0.3 is 4.52 Å². The molecule has 1 saturated carbocycles. The molecule has 6 nitrogen and oxygen atoms in total. The van der Waals surface area contributed by atoms with Crippen LogP contribution in [0.2, 0.25) is 0 Å². The van der Waals surface area contributed by atoms with E-state index in [-0.39, 0.29) is 6.04 Å². The molecule has 0 radical (unpaired) electrons. The molecule has 2 aromatic rings. The quantitative estimate of drug-likeness (QED) is 0.849. The molecule has 4 rings (SSSR count). The highest BCUT2D eigenvalue weighted by atomic mass is 16.5. The van der Waals surface area contributed by atoms with Gasteiger partial charge in [-0.3, -0.25) is 9.58 Å². The third kappa shape index (κ3) is 2.67. The van der Waals surface area contributed by atoms with E-state index in [1.807, 2.05) is 4.68 Å². The van der Waals surface area contributed by atoms with Crippen molar-refractivity contribution in [2.24, 2.45) is 0 Å². The van der Waals surface area contributed by atoms with Crippen molar-refractivity contribution in [3.63, 3.8) is 0 Å². The fraction of sp³-hybridized carbons (Fsp3) is 0.688. The molecule has 3 heterocycles. The summed E-state index contributed by atoms with van der Waals surface area (Å²) < 4.78 is 7.44. The Labute approximate surface area is 130 Å². The van der Waals surface area contributed by atoms with Gasteiger partial charge >= 0.3 is 0 Å². The first-order chi connectivity index (χ1) is 10.7. The van der Waals surface area contributed by atoms with E-state index < -0.39 is 0 Å². The van der Waals surface area contributed by atoms with Gasteiger partial charge in [-0.25, -0.2) is 0 Å². The highest BCUT2D eigenvalue weighted by Gasteiger charge is 2.34. The minimum absolute atomic E-state index is 0.278. The van der Waals surface area contributed by atoms with Crippen LogP contribution in [0.25, 0.3) is 0 Å². The molecular formula is C16H23N5O. The molecule has 118 valence electrons. The second kappa shape index (κ2) is 5.50. The summed E-state index contributed by atoms with van der Waals surface area (Å²) in [6.45, 7) is 6.23. The molecule has 2 fully saturated rings. The number of nitrogens with zero attached hydrogens (tertiary/aromatic N) is 5. The molecule has 2 aliphatic rings. The molecule has 1 saturated heterocycles. The zero-order valence-electron chi connectivity index (χ0n) is 13.3. The molecule has 1 aliphatic heterocycles. The minimum Gasteiger partial charge on any atom is -0.339 e. The fourth-order valence-corrected chi connectivity index (χ4v) is 3.14. The summed E-state index contributed by atoms with van der Waals surface area (Å²) in [5, 5.41) is 8.89. The smallest absolute Gasteiger partial charge is 0.229 e. The van der Waals surface area contributed by atoms with Gasteiger partial charge in [-0.05, 0) is 52.1 Å². The third-order valence-corrected chi connectivity index (χ3v) is 4.60. The predicted octanol–water partition coefficient (Wildman–Crippen LogP) is 3.06. The van der Waals surface area contributed by atoms with E-state index in [4.69, 9.17) is 4.52 Å². The molecule has 22 heavy (non-hydrogen) atoms. The zero-order valence-corrected chi connectivity index (χ0v) is 13.3. The summed E-state index contributed by atoms with van der Waals surface area (Å²) in [5.41, 5.74) is 1.12. The lowest BCUT2D eigenvalue weighted by Crippen LogP contribution is -2.24. The lowest BCUT2D eigenvalue weighted by atomic mass is 10.2. The van der Waals surface area contributed by atoms with Gasteiger partial charge in [0.1, 0.15) is 0 Å². The van der Waals surface area contributed by atoms with Gasteiger partial charge in [0, 0.05) is 24.7 Å². The molecule has 0 amide bonds. The standard InChI is InChI=1S/C16H23N5O/c1-11(2)21-9-7-13(18-21)10-20-8-3-4-14(20)15-17-16(22-19-15)12-5-6-12/h7,9,11-12,14H,3-6,8,10H2,1-2H3/t14-/m0/s1. The van der Waals surface area contributed by atoms with Gasteiger partial charge in [0.05, 0.1) is 11.7 Å². The van der Waals surface area contributed by atoms with Crippen LogP contribution in [0.5, 0.6) is 0 Å². The van der Waals surface area contributed by atoms with E-state index in [2.05, 4.69) is 46.2 Å². The van der Waals surface area contributed by atoms with Gasteiger partial charge in [-0.15, -0.1) is 0 Å². The average molecular weight is 301 g/mol. The summed E-state index contributed by atoms with van der Waals surface area (Å²) in [7, 11) is 0. The van der Waals surface area contributed by atoms with Crippen molar-refractivity contribution in [1.29, 1.82) is 0 Å². The summed E-state index contributed by atoms with van der Waals surface area (Å²) in [5.74, 6) is 2.23. The van der Waals surface area contributed by atoms with E-state index in [1.54, 1.807) is 0 Å². The fourth-order valence-electron chi connectivity index (χ4n) is 3.14. The monoisotopic (exact) mass is 301 g/mol.